The van der Waals surface area contributed by atoms with E-state index in [0.717, 1.165) is 23.9 Å². The molecule has 0 bridgehead atoms. The highest BCUT2D eigenvalue weighted by atomic mass is 16.7. The molecule has 2 aliphatic rings. The van der Waals surface area contributed by atoms with Crippen LogP contribution in [0.15, 0.2) is 18.2 Å². The lowest BCUT2D eigenvalue weighted by Gasteiger charge is -2.32. The molecule has 26 heavy (non-hydrogen) atoms. The van der Waals surface area contributed by atoms with E-state index in [2.05, 4.69) is 45.1 Å². The summed E-state index contributed by atoms with van der Waals surface area (Å²) in [5, 5.41) is 3.00. The van der Waals surface area contributed by atoms with Crippen LogP contribution in [0.5, 0.6) is 0 Å². The Morgan fingerprint density at radius 1 is 1.19 bits per heavy atom. The summed E-state index contributed by atoms with van der Waals surface area (Å²) in [7, 11) is -0.379. The lowest BCUT2D eigenvalue weighted by Crippen LogP contribution is -2.41. The van der Waals surface area contributed by atoms with Gasteiger partial charge in [0.25, 0.3) is 0 Å². The number of nitrogens with one attached hydrogen (secondary N) is 1. The molecule has 1 unspecified atom stereocenters. The second kappa shape index (κ2) is 6.27. The maximum atomic E-state index is 12.2. The van der Waals surface area contributed by atoms with Crippen molar-refractivity contribution in [2.45, 2.75) is 84.2 Å². The zero-order chi connectivity index (χ0) is 19.3. The molecule has 1 amide bonds. The topological polar surface area (TPSA) is 56.8 Å². The van der Waals surface area contributed by atoms with Crippen molar-refractivity contribution in [3.8, 4) is 0 Å². The van der Waals surface area contributed by atoms with Crippen LogP contribution in [0.25, 0.3) is 0 Å². The molecule has 1 aromatic carbocycles. The minimum atomic E-state index is -0.504. The highest BCUT2D eigenvalue weighted by molar-refractivity contribution is 6.62. The standard InChI is InChI=1S/C20H30BNO4/c1-18(2,3)24-17(23)22-16-12-11-13-14(16)9-8-10-15(13)21-25-19(4,5)20(6,7)26-21/h8-10,16H,11-12H2,1-7H3,(H,22,23). The van der Waals surface area contributed by atoms with Gasteiger partial charge in [0.2, 0.25) is 0 Å². The number of hydrogen-bond acceptors (Lipinski definition) is 4. The number of alkyl carbamates (subject to hydrolysis) is 1. The number of rotatable bonds is 2. The van der Waals surface area contributed by atoms with Crippen LogP contribution in [0, 0.1) is 0 Å². The Kier molecular flexibility index (Phi) is 4.64. The summed E-state index contributed by atoms with van der Waals surface area (Å²) in [4.78, 5) is 12.2. The van der Waals surface area contributed by atoms with Crippen molar-refractivity contribution in [2.24, 2.45) is 0 Å². The highest BCUT2D eigenvalue weighted by Gasteiger charge is 2.52. The molecular weight excluding hydrogens is 329 g/mol. The predicted molar refractivity (Wildman–Crippen MR) is 103 cm³/mol. The number of benzene rings is 1. The van der Waals surface area contributed by atoms with Crippen molar-refractivity contribution in [1.29, 1.82) is 0 Å². The number of carbonyl (C=O) groups excluding carboxylic acids is 1. The average Bonchev–Trinajstić information content (AvgIpc) is 2.95. The summed E-state index contributed by atoms with van der Waals surface area (Å²) in [6, 6.07) is 6.10. The Bertz CT molecular complexity index is 692. The lowest BCUT2D eigenvalue weighted by molar-refractivity contribution is 0.00578. The molecule has 5 nitrogen and oxygen atoms in total. The van der Waals surface area contributed by atoms with Crippen LogP contribution < -0.4 is 10.8 Å². The lowest BCUT2D eigenvalue weighted by atomic mass is 9.75. The van der Waals surface area contributed by atoms with Crippen molar-refractivity contribution in [3.05, 3.63) is 29.3 Å². The molecule has 1 aliphatic carbocycles. The number of fused-ring (bicyclic) bond motifs is 1. The van der Waals surface area contributed by atoms with Gasteiger partial charge in [-0.3, -0.25) is 0 Å². The van der Waals surface area contributed by atoms with Crippen LogP contribution in [0.3, 0.4) is 0 Å². The normalized spacial score (nSPS) is 23.7. The quantitative estimate of drug-likeness (QED) is 0.822. The summed E-state index contributed by atoms with van der Waals surface area (Å²) in [6.45, 7) is 13.8. The van der Waals surface area contributed by atoms with Gasteiger partial charge in [-0.25, -0.2) is 4.79 Å². The molecule has 0 saturated carbocycles. The molecule has 0 radical (unpaired) electrons. The highest BCUT2D eigenvalue weighted by Crippen LogP contribution is 2.38. The van der Waals surface area contributed by atoms with E-state index in [1.165, 1.54) is 5.56 Å². The molecule has 3 rings (SSSR count). The van der Waals surface area contributed by atoms with Gasteiger partial charge < -0.3 is 19.4 Å². The molecule has 1 atom stereocenters. The Hall–Kier alpha value is -1.53. The van der Waals surface area contributed by atoms with Gasteiger partial charge in [0.05, 0.1) is 17.2 Å². The Balaban J connectivity index is 1.80. The number of amides is 1. The van der Waals surface area contributed by atoms with E-state index in [1.807, 2.05) is 26.8 Å². The van der Waals surface area contributed by atoms with Crippen LogP contribution in [0.1, 0.15) is 72.1 Å². The average molecular weight is 359 g/mol. The Morgan fingerprint density at radius 3 is 2.38 bits per heavy atom. The van der Waals surface area contributed by atoms with E-state index in [1.54, 1.807) is 0 Å². The minimum absolute atomic E-state index is 0.0396. The molecule has 1 saturated heterocycles. The molecule has 0 spiro atoms. The summed E-state index contributed by atoms with van der Waals surface area (Å²) < 4.78 is 17.8. The van der Waals surface area contributed by atoms with Gasteiger partial charge in [-0.2, -0.15) is 0 Å². The summed E-state index contributed by atoms with van der Waals surface area (Å²) >= 11 is 0. The summed E-state index contributed by atoms with van der Waals surface area (Å²) in [5.41, 5.74) is 2.17. The Labute approximate surface area is 156 Å². The summed E-state index contributed by atoms with van der Waals surface area (Å²) in [5.74, 6) is 0. The third kappa shape index (κ3) is 3.62. The van der Waals surface area contributed by atoms with Gasteiger partial charge in [0.15, 0.2) is 0 Å². The van der Waals surface area contributed by atoms with Gasteiger partial charge in [0.1, 0.15) is 5.60 Å². The summed E-state index contributed by atoms with van der Waals surface area (Å²) in [6.07, 6.45) is 1.36. The van der Waals surface area contributed by atoms with E-state index < -0.39 is 5.60 Å². The maximum Gasteiger partial charge on any atom is 0.495 e. The maximum absolute atomic E-state index is 12.2. The number of ether oxygens (including phenoxy) is 1. The first kappa shape index (κ1) is 19.2. The first-order valence-corrected chi connectivity index (χ1v) is 9.36. The SMILES string of the molecule is CC(C)(C)OC(=O)NC1CCc2c(B3OC(C)(C)C(C)(C)O3)cccc21. The van der Waals surface area contributed by atoms with E-state index in [9.17, 15) is 4.79 Å². The van der Waals surface area contributed by atoms with E-state index in [-0.39, 0.29) is 30.5 Å². The van der Waals surface area contributed by atoms with Crippen molar-refractivity contribution in [3.63, 3.8) is 0 Å². The van der Waals surface area contributed by atoms with Crippen molar-refractivity contribution in [1.82, 2.24) is 5.32 Å². The van der Waals surface area contributed by atoms with Gasteiger partial charge in [0, 0.05) is 0 Å². The van der Waals surface area contributed by atoms with Crippen LogP contribution >= 0.6 is 0 Å². The van der Waals surface area contributed by atoms with Gasteiger partial charge >= 0.3 is 13.2 Å². The van der Waals surface area contributed by atoms with E-state index in [4.69, 9.17) is 14.0 Å². The van der Waals surface area contributed by atoms with Gasteiger partial charge in [-0.1, -0.05) is 18.2 Å². The fourth-order valence-corrected chi connectivity index (χ4v) is 3.47. The monoisotopic (exact) mass is 359 g/mol. The van der Waals surface area contributed by atoms with Crippen LogP contribution in [-0.2, 0) is 20.5 Å². The first-order chi connectivity index (χ1) is 11.9. The smallest absolute Gasteiger partial charge is 0.444 e. The third-order valence-corrected chi connectivity index (χ3v) is 5.51. The molecule has 142 valence electrons. The van der Waals surface area contributed by atoms with E-state index >= 15 is 0 Å². The van der Waals surface area contributed by atoms with Gasteiger partial charge in [-0.15, -0.1) is 0 Å². The third-order valence-electron chi connectivity index (χ3n) is 5.51. The molecule has 1 fully saturated rings. The molecule has 1 N–H and O–H groups in total. The van der Waals surface area contributed by atoms with Crippen molar-refractivity contribution >= 4 is 18.7 Å². The first-order valence-electron chi connectivity index (χ1n) is 9.36. The second-order valence-electron chi connectivity index (χ2n) is 9.24. The number of carbonyl (C=O) groups is 1. The zero-order valence-corrected chi connectivity index (χ0v) is 16.9. The fourth-order valence-electron chi connectivity index (χ4n) is 3.47. The molecule has 6 heteroatoms. The molecule has 0 aromatic heterocycles. The largest absolute Gasteiger partial charge is 0.495 e. The number of hydrogen-bond donors (Lipinski definition) is 1. The molecular formula is C20H30BNO4. The second-order valence-corrected chi connectivity index (χ2v) is 9.24. The fraction of sp³-hybridized carbons (Fsp3) is 0.650. The van der Waals surface area contributed by atoms with Gasteiger partial charge in [-0.05, 0) is 77.9 Å². The molecule has 1 heterocycles. The predicted octanol–water partition coefficient (Wildman–Crippen LogP) is 3.50. The van der Waals surface area contributed by atoms with Crippen molar-refractivity contribution < 1.29 is 18.8 Å². The van der Waals surface area contributed by atoms with Crippen LogP contribution in [0.4, 0.5) is 4.79 Å². The Morgan fingerprint density at radius 2 is 1.81 bits per heavy atom. The van der Waals surface area contributed by atoms with Crippen LogP contribution in [-0.4, -0.2) is 30.0 Å². The molecule has 1 aromatic rings. The minimum Gasteiger partial charge on any atom is -0.444 e. The van der Waals surface area contributed by atoms with E-state index in [0.29, 0.717) is 0 Å². The molecule has 1 aliphatic heterocycles. The van der Waals surface area contributed by atoms with Crippen molar-refractivity contribution in [2.75, 3.05) is 0 Å². The zero-order valence-electron chi connectivity index (χ0n) is 16.9. The van der Waals surface area contributed by atoms with Crippen LogP contribution in [0.2, 0.25) is 0 Å².